The van der Waals surface area contributed by atoms with Crippen molar-refractivity contribution in [2.45, 2.75) is 37.4 Å². The van der Waals surface area contributed by atoms with Gasteiger partial charge in [0, 0.05) is 13.0 Å². The van der Waals surface area contributed by atoms with Crippen molar-refractivity contribution in [2.24, 2.45) is 11.8 Å². The maximum Gasteiger partial charge on any atom is 0.392 e. The van der Waals surface area contributed by atoms with Gasteiger partial charge in [-0.2, -0.15) is 13.2 Å². The van der Waals surface area contributed by atoms with E-state index in [0.717, 1.165) is 6.07 Å². The summed E-state index contributed by atoms with van der Waals surface area (Å²) in [5.74, 6) is -4.04. The van der Waals surface area contributed by atoms with Crippen molar-refractivity contribution in [3.63, 3.8) is 0 Å². The standard InChI is InChI=1S/C17H17ClF4N2O2/c18-12-5-8(1-4-13(12)19)10(9-2-3-11(9)17(20,21)22)6-15(25)14-7-23-16(26)24-14/h1,4-5,9-11,14H,2-3,6-7H2,(H2,23,24,26)/t9-,10?,11+,14-/m0/s1. The average molecular weight is 393 g/mol. The lowest BCUT2D eigenvalue weighted by Gasteiger charge is -2.43. The average Bonchev–Trinajstić information content (AvgIpc) is 2.93. The fraction of sp³-hybridized carbons (Fsp3) is 0.529. The van der Waals surface area contributed by atoms with Gasteiger partial charge in [-0.3, -0.25) is 4.79 Å². The van der Waals surface area contributed by atoms with E-state index in [1.165, 1.54) is 12.1 Å². The molecule has 142 valence electrons. The topological polar surface area (TPSA) is 58.2 Å². The number of halogens is 5. The normalized spacial score (nSPS) is 26.7. The molecule has 2 fully saturated rings. The molecule has 1 saturated heterocycles. The van der Waals surface area contributed by atoms with Crippen molar-refractivity contribution >= 4 is 23.4 Å². The molecule has 1 unspecified atom stereocenters. The third-order valence-corrected chi connectivity index (χ3v) is 5.51. The van der Waals surface area contributed by atoms with Crippen molar-refractivity contribution in [3.05, 3.63) is 34.6 Å². The molecule has 2 aliphatic rings. The van der Waals surface area contributed by atoms with E-state index >= 15 is 0 Å². The van der Waals surface area contributed by atoms with Crippen molar-refractivity contribution in [3.8, 4) is 0 Å². The molecule has 1 aromatic carbocycles. The Morgan fingerprint density at radius 2 is 2.04 bits per heavy atom. The van der Waals surface area contributed by atoms with Gasteiger partial charge in [-0.05, 0) is 42.4 Å². The summed E-state index contributed by atoms with van der Waals surface area (Å²) in [5, 5.41) is 4.69. The minimum atomic E-state index is -4.35. The first-order chi connectivity index (χ1) is 12.2. The van der Waals surface area contributed by atoms with E-state index in [9.17, 15) is 27.2 Å². The Hall–Kier alpha value is -1.83. The number of hydrogen-bond donors (Lipinski definition) is 2. The van der Waals surface area contributed by atoms with Gasteiger partial charge in [0.05, 0.1) is 10.9 Å². The first-order valence-electron chi connectivity index (χ1n) is 8.25. The van der Waals surface area contributed by atoms with Crippen LogP contribution >= 0.6 is 11.6 Å². The highest BCUT2D eigenvalue weighted by molar-refractivity contribution is 6.30. The predicted octanol–water partition coefficient (Wildman–Crippen LogP) is 3.79. The third-order valence-electron chi connectivity index (χ3n) is 5.22. The molecule has 1 aromatic rings. The van der Waals surface area contributed by atoms with Gasteiger partial charge in [0.1, 0.15) is 11.9 Å². The van der Waals surface area contributed by atoms with Crippen molar-refractivity contribution in [2.75, 3.05) is 6.54 Å². The van der Waals surface area contributed by atoms with Gasteiger partial charge in [0.25, 0.3) is 0 Å². The van der Waals surface area contributed by atoms with E-state index in [1.54, 1.807) is 0 Å². The highest BCUT2D eigenvalue weighted by Crippen LogP contribution is 2.52. The van der Waals surface area contributed by atoms with E-state index in [4.69, 9.17) is 11.6 Å². The number of rotatable bonds is 5. The van der Waals surface area contributed by atoms with Crippen LogP contribution in [-0.4, -0.2) is 30.6 Å². The number of amides is 2. The highest BCUT2D eigenvalue weighted by atomic mass is 35.5. The van der Waals surface area contributed by atoms with Crippen LogP contribution in [0.25, 0.3) is 0 Å². The highest BCUT2D eigenvalue weighted by Gasteiger charge is 2.52. The first-order valence-corrected chi connectivity index (χ1v) is 8.63. The van der Waals surface area contributed by atoms with Gasteiger partial charge >= 0.3 is 12.2 Å². The number of alkyl halides is 3. The van der Waals surface area contributed by atoms with E-state index in [1.807, 2.05) is 0 Å². The maximum atomic E-state index is 13.4. The molecule has 4 nitrogen and oxygen atoms in total. The lowest BCUT2D eigenvalue weighted by molar-refractivity contribution is -0.216. The SMILES string of the molecule is O=C1NC[C@@H](C(=O)CC(c2ccc(F)c(Cl)c2)[C@@H]2CC[C@H]2C(F)(F)F)N1. The number of hydrogen-bond acceptors (Lipinski definition) is 2. The Labute approximate surface area is 152 Å². The van der Waals surface area contributed by atoms with Crippen LogP contribution < -0.4 is 10.6 Å². The zero-order chi connectivity index (χ0) is 19.1. The minimum Gasteiger partial charge on any atom is -0.336 e. The number of carbonyl (C=O) groups excluding carboxylic acids is 2. The summed E-state index contributed by atoms with van der Waals surface area (Å²) in [7, 11) is 0. The summed E-state index contributed by atoms with van der Waals surface area (Å²) in [6.45, 7) is 0.0991. The summed E-state index contributed by atoms with van der Waals surface area (Å²) in [5.41, 5.74) is 0.404. The Kier molecular flexibility index (Phi) is 5.14. The van der Waals surface area contributed by atoms with Crippen LogP contribution in [-0.2, 0) is 4.79 Å². The second kappa shape index (κ2) is 7.06. The number of urea groups is 1. The molecular weight excluding hydrogens is 376 g/mol. The Morgan fingerprint density at radius 1 is 1.31 bits per heavy atom. The third kappa shape index (κ3) is 3.79. The summed E-state index contributed by atoms with van der Waals surface area (Å²) < 4.78 is 53.1. The molecular formula is C17H17ClF4N2O2. The van der Waals surface area contributed by atoms with Gasteiger partial charge in [0.15, 0.2) is 5.78 Å². The van der Waals surface area contributed by atoms with Gasteiger partial charge < -0.3 is 10.6 Å². The van der Waals surface area contributed by atoms with Crippen molar-refractivity contribution < 1.29 is 27.2 Å². The summed E-state index contributed by atoms with van der Waals surface area (Å²) in [4.78, 5) is 23.7. The molecule has 2 N–H and O–H groups in total. The molecule has 1 aliphatic carbocycles. The lowest BCUT2D eigenvalue weighted by Crippen LogP contribution is -2.43. The lowest BCUT2D eigenvalue weighted by atomic mass is 9.63. The number of Topliss-reactive ketones (excluding diaryl/α,β-unsaturated/α-hetero) is 1. The van der Waals surface area contributed by atoms with Gasteiger partial charge in [-0.15, -0.1) is 0 Å². The molecule has 4 atom stereocenters. The van der Waals surface area contributed by atoms with Crippen LogP contribution in [0.3, 0.4) is 0 Å². The van der Waals surface area contributed by atoms with Gasteiger partial charge in [0.2, 0.25) is 0 Å². The Balaban J connectivity index is 1.85. The minimum absolute atomic E-state index is 0.00943. The monoisotopic (exact) mass is 392 g/mol. The molecule has 1 saturated carbocycles. The molecule has 3 rings (SSSR count). The number of benzene rings is 1. The molecule has 0 bridgehead atoms. The molecule has 0 radical (unpaired) electrons. The zero-order valence-electron chi connectivity index (χ0n) is 13.6. The molecule has 0 spiro atoms. The van der Waals surface area contributed by atoms with E-state index in [0.29, 0.717) is 12.0 Å². The van der Waals surface area contributed by atoms with E-state index < -0.39 is 41.8 Å². The van der Waals surface area contributed by atoms with Crippen LogP contribution in [0.2, 0.25) is 5.02 Å². The predicted molar refractivity (Wildman–Crippen MR) is 86.4 cm³/mol. The van der Waals surface area contributed by atoms with Gasteiger partial charge in [-0.1, -0.05) is 17.7 Å². The van der Waals surface area contributed by atoms with Gasteiger partial charge in [-0.25, -0.2) is 9.18 Å². The van der Waals surface area contributed by atoms with E-state index in [-0.39, 0.29) is 30.2 Å². The van der Waals surface area contributed by atoms with Crippen LogP contribution in [0.5, 0.6) is 0 Å². The van der Waals surface area contributed by atoms with Crippen LogP contribution in [0.1, 0.15) is 30.7 Å². The smallest absolute Gasteiger partial charge is 0.336 e. The number of ketones is 1. The second-order valence-electron chi connectivity index (χ2n) is 6.75. The fourth-order valence-corrected chi connectivity index (χ4v) is 3.87. The number of nitrogens with one attached hydrogen (secondary N) is 2. The molecule has 2 amide bonds. The Bertz CT molecular complexity index is 725. The molecule has 9 heteroatoms. The molecule has 1 heterocycles. The Morgan fingerprint density at radius 3 is 2.54 bits per heavy atom. The van der Waals surface area contributed by atoms with Crippen LogP contribution in [0.4, 0.5) is 22.4 Å². The zero-order valence-corrected chi connectivity index (χ0v) is 14.3. The summed E-state index contributed by atoms with van der Waals surface area (Å²) in [6.07, 6.45) is -4.19. The summed E-state index contributed by atoms with van der Waals surface area (Å²) in [6, 6.07) is 2.49. The maximum absolute atomic E-state index is 13.4. The van der Waals surface area contributed by atoms with Crippen LogP contribution in [0, 0.1) is 17.7 Å². The first kappa shape index (κ1) is 18.9. The molecule has 0 aromatic heterocycles. The number of carbonyl (C=O) groups is 2. The molecule has 1 aliphatic heterocycles. The van der Waals surface area contributed by atoms with Crippen LogP contribution in [0.15, 0.2) is 18.2 Å². The fourth-order valence-electron chi connectivity index (χ4n) is 3.68. The second-order valence-corrected chi connectivity index (χ2v) is 7.15. The summed E-state index contributed by atoms with van der Waals surface area (Å²) >= 11 is 5.78. The van der Waals surface area contributed by atoms with E-state index in [2.05, 4.69) is 10.6 Å². The quantitative estimate of drug-likeness (QED) is 0.749. The largest absolute Gasteiger partial charge is 0.392 e. The van der Waals surface area contributed by atoms with Crippen molar-refractivity contribution in [1.82, 2.24) is 10.6 Å². The molecule has 26 heavy (non-hydrogen) atoms. The van der Waals surface area contributed by atoms with Crippen molar-refractivity contribution in [1.29, 1.82) is 0 Å².